The van der Waals surface area contributed by atoms with Gasteiger partial charge >= 0.3 is 0 Å². The van der Waals surface area contributed by atoms with Crippen molar-refractivity contribution in [1.29, 1.82) is 0 Å². The SMILES string of the molecule is CS(C)(C)(C)(c1ncnc2[nH]cnc12)S(=O)(=O)O. The van der Waals surface area contributed by atoms with Crippen molar-refractivity contribution in [3.63, 3.8) is 0 Å². The number of aromatic nitrogens is 4. The second-order valence-electron chi connectivity index (χ2n) is 6.22. The molecular formula is C9H16N4O3S2. The number of rotatable bonds is 2. The number of fused-ring (bicyclic) bond motifs is 1. The molecule has 2 heterocycles. The van der Waals surface area contributed by atoms with E-state index in [9.17, 15) is 13.0 Å². The minimum Gasteiger partial charge on any atom is -0.329 e. The Balaban J connectivity index is 3.04. The molecule has 0 atom stereocenters. The predicted molar refractivity (Wildman–Crippen MR) is 72.8 cm³/mol. The summed E-state index contributed by atoms with van der Waals surface area (Å²) in [4.78, 5) is 14.9. The van der Waals surface area contributed by atoms with E-state index in [-0.39, 0.29) is 5.03 Å². The number of hydrogen-bond acceptors (Lipinski definition) is 5. The largest absolute Gasteiger partial charge is 0.329 e. The predicted octanol–water partition coefficient (Wildman–Crippen LogP) is 0.910. The van der Waals surface area contributed by atoms with E-state index < -0.39 is 16.5 Å². The summed E-state index contributed by atoms with van der Waals surface area (Å²) in [7, 11) is -8.40. The van der Waals surface area contributed by atoms with Gasteiger partial charge in [-0.25, -0.2) is 15.0 Å². The van der Waals surface area contributed by atoms with Gasteiger partial charge < -0.3 is 4.98 Å². The molecule has 0 fully saturated rings. The summed E-state index contributed by atoms with van der Waals surface area (Å²) < 4.78 is 33.7. The Kier molecular flexibility index (Phi) is 2.11. The summed E-state index contributed by atoms with van der Waals surface area (Å²) in [5.41, 5.74) is 0.813. The van der Waals surface area contributed by atoms with E-state index in [0.29, 0.717) is 11.2 Å². The van der Waals surface area contributed by atoms with Gasteiger partial charge in [0.15, 0.2) is 5.65 Å². The van der Waals surface area contributed by atoms with E-state index in [0.717, 1.165) is 0 Å². The maximum atomic E-state index is 12.0. The smallest absolute Gasteiger partial charge is 0.293 e. The molecule has 0 amide bonds. The minimum absolute atomic E-state index is 0.253. The van der Waals surface area contributed by atoms with Gasteiger partial charge in [-0.15, -0.1) is 7.33 Å². The molecule has 0 aromatic carbocycles. The highest BCUT2D eigenvalue weighted by atomic mass is 33.2. The Bertz CT molecular complexity index is 741. The zero-order valence-electron chi connectivity index (χ0n) is 10.6. The third-order valence-electron chi connectivity index (χ3n) is 2.98. The highest BCUT2D eigenvalue weighted by molar-refractivity contribution is 9.07. The maximum absolute atomic E-state index is 12.0. The molecule has 0 saturated heterocycles. The quantitative estimate of drug-likeness (QED) is 0.484. The van der Waals surface area contributed by atoms with Gasteiger partial charge in [0, 0.05) is 0 Å². The van der Waals surface area contributed by atoms with Gasteiger partial charge in [-0.3, -0.25) is 4.55 Å². The second-order valence-corrected chi connectivity index (χ2v) is 21.3. The van der Waals surface area contributed by atoms with Crippen molar-refractivity contribution >= 4 is 27.6 Å². The summed E-state index contributed by atoms with van der Waals surface area (Å²) in [5, 5.41) is 0.253. The van der Waals surface area contributed by atoms with Crippen LogP contribution in [0.2, 0.25) is 0 Å². The molecule has 2 aromatic rings. The van der Waals surface area contributed by atoms with Crippen LogP contribution in [-0.2, 0) is 9.15 Å². The molecule has 7 nitrogen and oxygen atoms in total. The topological polar surface area (TPSA) is 109 Å². The molecule has 9 heteroatoms. The van der Waals surface area contributed by atoms with Crippen molar-refractivity contribution in [2.45, 2.75) is 5.03 Å². The number of imidazole rings is 1. The van der Waals surface area contributed by atoms with E-state index in [1.807, 2.05) is 0 Å². The maximum Gasteiger partial charge on any atom is 0.293 e. The molecule has 0 saturated carbocycles. The fourth-order valence-corrected chi connectivity index (χ4v) is 4.18. The first-order valence-corrected chi connectivity index (χ1v) is 11.0. The van der Waals surface area contributed by atoms with Gasteiger partial charge in [0.25, 0.3) is 9.15 Å². The molecule has 0 aliphatic carbocycles. The van der Waals surface area contributed by atoms with Crippen LogP contribution in [0.5, 0.6) is 0 Å². The molecule has 2 aromatic heterocycles. The van der Waals surface area contributed by atoms with Crippen LogP contribution in [0, 0.1) is 0 Å². The molecular weight excluding hydrogens is 276 g/mol. The molecule has 0 radical (unpaired) electrons. The zero-order valence-corrected chi connectivity index (χ0v) is 12.2. The fourth-order valence-electron chi connectivity index (χ4n) is 1.50. The van der Waals surface area contributed by atoms with Gasteiger partial charge in [0.1, 0.15) is 16.9 Å². The first-order valence-electron chi connectivity index (χ1n) is 5.00. The Morgan fingerprint density at radius 1 is 1.17 bits per heavy atom. The van der Waals surface area contributed by atoms with E-state index in [1.165, 1.54) is 37.7 Å². The first kappa shape index (κ1) is 13.2. The van der Waals surface area contributed by atoms with Crippen LogP contribution in [0.15, 0.2) is 17.7 Å². The average Bonchev–Trinajstić information content (AvgIpc) is 2.60. The van der Waals surface area contributed by atoms with Crippen LogP contribution in [-0.4, -0.2) is 57.9 Å². The molecule has 0 aliphatic heterocycles. The van der Waals surface area contributed by atoms with E-state index in [4.69, 9.17) is 0 Å². The molecule has 18 heavy (non-hydrogen) atoms. The molecule has 102 valence electrons. The van der Waals surface area contributed by atoms with Gasteiger partial charge in [-0.1, -0.05) is 0 Å². The third kappa shape index (κ3) is 1.47. The van der Waals surface area contributed by atoms with Crippen LogP contribution in [0.25, 0.3) is 11.2 Å². The van der Waals surface area contributed by atoms with Crippen LogP contribution < -0.4 is 0 Å². The lowest BCUT2D eigenvalue weighted by Gasteiger charge is -2.63. The molecule has 0 aliphatic rings. The number of hydrogen-bond donors (Lipinski definition) is 2. The summed E-state index contributed by atoms with van der Waals surface area (Å²) in [5.74, 6) is 0. The van der Waals surface area contributed by atoms with Crippen molar-refractivity contribution in [1.82, 2.24) is 19.9 Å². The minimum atomic E-state index is -4.35. The zero-order chi connectivity index (χ0) is 13.9. The van der Waals surface area contributed by atoms with Crippen LogP contribution in [0.4, 0.5) is 0 Å². The fraction of sp³-hybridized carbons (Fsp3) is 0.444. The van der Waals surface area contributed by atoms with Gasteiger partial charge in [-0.2, -0.15) is 8.42 Å². The molecule has 0 unspecified atom stereocenters. The van der Waals surface area contributed by atoms with Gasteiger partial charge in [0.05, 0.1) is 6.33 Å². The van der Waals surface area contributed by atoms with Crippen molar-refractivity contribution in [3.05, 3.63) is 12.7 Å². The number of H-pyrrole nitrogens is 1. The Hall–Kier alpha value is -1.19. The Morgan fingerprint density at radius 3 is 2.33 bits per heavy atom. The van der Waals surface area contributed by atoms with Crippen LogP contribution >= 0.6 is 7.33 Å². The first-order chi connectivity index (χ1) is 7.87. The Labute approximate surface area is 103 Å². The third-order valence-corrected chi connectivity index (χ3v) is 13.0. The monoisotopic (exact) mass is 292 g/mol. The summed E-state index contributed by atoms with van der Waals surface area (Å²) in [6, 6.07) is 0. The standard InChI is InChI=1S/C9H16N4O3S2/c1-18(2,3,4,17(14,15)16)9-7-8(11-5-10-7)12-6-13-9/h5-6H,1-4H3,(H,14,15,16)(H,10,11,12,13). The van der Waals surface area contributed by atoms with E-state index in [1.54, 1.807) is 0 Å². The van der Waals surface area contributed by atoms with Crippen LogP contribution in [0.3, 0.4) is 0 Å². The van der Waals surface area contributed by atoms with Crippen molar-refractivity contribution in [2.75, 3.05) is 25.0 Å². The average molecular weight is 292 g/mol. The summed E-state index contributed by atoms with van der Waals surface area (Å²) >= 11 is 0. The van der Waals surface area contributed by atoms with Gasteiger partial charge in [-0.05, 0) is 25.0 Å². The number of nitrogens with zero attached hydrogens (tertiary/aromatic N) is 3. The van der Waals surface area contributed by atoms with Gasteiger partial charge in [0.2, 0.25) is 0 Å². The van der Waals surface area contributed by atoms with Crippen LogP contribution in [0.1, 0.15) is 0 Å². The molecule has 0 spiro atoms. The highest BCUT2D eigenvalue weighted by Gasteiger charge is 2.58. The number of aromatic amines is 1. The van der Waals surface area contributed by atoms with E-state index in [2.05, 4.69) is 19.9 Å². The number of nitrogens with one attached hydrogen (secondary N) is 1. The lowest BCUT2D eigenvalue weighted by Crippen LogP contribution is -2.40. The molecule has 2 rings (SSSR count). The van der Waals surface area contributed by atoms with Crippen molar-refractivity contribution < 1.29 is 13.0 Å². The molecule has 2 N–H and O–H groups in total. The van der Waals surface area contributed by atoms with Crippen molar-refractivity contribution in [2.24, 2.45) is 0 Å². The van der Waals surface area contributed by atoms with E-state index >= 15 is 0 Å². The highest BCUT2D eigenvalue weighted by Crippen LogP contribution is 2.87. The Morgan fingerprint density at radius 2 is 1.78 bits per heavy atom. The molecule has 0 bridgehead atoms. The summed E-state index contributed by atoms with van der Waals surface area (Å²) in [6.45, 7) is 0. The normalized spacial score (nSPS) is 17.4. The summed E-state index contributed by atoms with van der Waals surface area (Å²) in [6.07, 6.45) is 8.76. The lowest BCUT2D eigenvalue weighted by atomic mass is 10.6. The lowest BCUT2D eigenvalue weighted by molar-refractivity contribution is 0.500. The second kappa shape index (κ2) is 2.86. The van der Waals surface area contributed by atoms with Crippen molar-refractivity contribution in [3.8, 4) is 0 Å².